The minimum Gasteiger partial charge on any atom is -0.359 e. The van der Waals surface area contributed by atoms with Gasteiger partial charge in [0.25, 0.3) is 0 Å². The molecule has 1 unspecified atom stereocenters. The lowest BCUT2D eigenvalue weighted by molar-refractivity contribution is -0.124. The van der Waals surface area contributed by atoms with Gasteiger partial charge in [0, 0.05) is 13.0 Å². The third kappa shape index (κ3) is 4.94. The van der Waals surface area contributed by atoms with E-state index in [1.165, 1.54) is 0 Å². The Morgan fingerprint density at radius 2 is 2.25 bits per heavy atom. The van der Waals surface area contributed by atoms with Crippen molar-refractivity contribution in [2.45, 2.75) is 33.1 Å². The van der Waals surface area contributed by atoms with Crippen LogP contribution in [0.2, 0.25) is 0 Å². The molecule has 12 heavy (non-hydrogen) atoms. The number of carbonyl (C=O) groups excluding carboxylic acids is 1. The van der Waals surface area contributed by atoms with Gasteiger partial charge in [-0.15, -0.1) is 0 Å². The van der Waals surface area contributed by atoms with Crippen molar-refractivity contribution in [3.05, 3.63) is 12.2 Å². The monoisotopic (exact) mass is 169 g/mol. The Balaban J connectivity index is 3.43. The number of nitrogens with one attached hydrogen (secondary N) is 1. The topological polar surface area (TPSA) is 29.1 Å². The number of rotatable bonds is 5. The van der Waals surface area contributed by atoms with Crippen molar-refractivity contribution < 1.29 is 4.79 Å². The van der Waals surface area contributed by atoms with E-state index >= 15 is 0 Å². The second-order valence-corrected chi connectivity index (χ2v) is 3.02. The summed E-state index contributed by atoms with van der Waals surface area (Å²) in [5.41, 5.74) is 0. The molecule has 1 N–H and O–H groups in total. The molecule has 0 aromatic rings. The van der Waals surface area contributed by atoms with Crippen molar-refractivity contribution in [3.8, 4) is 0 Å². The first-order chi connectivity index (χ1) is 5.72. The average Bonchev–Trinajstić information content (AvgIpc) is 2.10. The van der Waals surface area contributed by atoms with Gasteiger partial charge in [0.2, 0.25) is 5.91 Å². The highest BCUT2D eigenvalue weighted by atomic mass is 16.1. The second kappa shape index (κ2) is 6.89. The van der Waals surface area contributed by atoms with Crippen LogP contribution >= 0.6 is 0 Å². The maximum absolute atomic E-state index is 11.0. The minimum atomic E-state index is 0.149. The van der Waals surface area contributed by atoms with E-state index in [-0.39, 0.29) is 11.8 Å². The van der Waals surface area contributed by atoms with Gasteiger partial charge in [0.05, 0.1) is 0 Å². The Kier molecular flexibility index (Phi) is 6.44. The van der Waals surface area contributed by atoms with Crippen molar-refractivity contribution in [1.29, 1.82) is 0 Å². The Hall–Kier alpha value is -0.790. The van der Waals surface area contributed by atoms with Gasteiger partial charge in [-0.3, -0.25) is 4.79 Å². The molecule has 0 bridgehead atoms. The highest BCUT2D eigenvalue weighted by Crippen LogP contribution is 2.07. The van der Waals surface area contributed by atoms with Crippen molar-refractivity contribution >= 4 is 5.91 Å². The average molecular weight is 169 g/mol. The zero-order chi connectivity index (χ0) is 9.40. The zero-order valence-corrected chi connectivity index (χ0v) is 8.26. The third-order valence-electron chi connectivity index (χ3n) is 1.94. The van der Waals surface area contributed by atoms with Crippen LogP contribution in [0.1, 0.15) is 33.1 Å². The molecule has 2 heteroatoms. The quantitative estimate of drug-likeness (QED) is 0.495. The fraction of sp³-hybridized carbons (Fsp3) is 0.700. The molecule has 2 nitrogen and oxygen atoms in total. The molecule has 0 aliphatic carbocycles. The predicted octanol–water partition coefficient (Wildman–Crippen LogP) is 2.11. The summed E-state index contributed by atoms with van der Waals surface area (Å²) < 4.78 is 0. The van der Waals surface area contributed by atoms with Gasteiger partial charge in [-0.25, -0.2) is 0 Å². The highest BCUT2D eigenvalue weighted by Gasteiger charge is 2.08. The molecule has 0 radical (unpaired) electrons. The number of hydrogen-bond acceptors (Lipinski definition) is 1. The Morgan fingerprint density at radius 3 is 2.75 bits per heavy atom. The number of hydrogen-bond donors (Lipinski definition) is 1. The van der Waals surface area contributed by atoms with E-state index in [4.69, 9.17) is 0 Å². The molecule has 0 fully saturated rings. The number of amides is 1. The van der Waals surface area contributed by atoms with Crippen LogP contribution in [0.5, 0.6) is 0 Å². The van der Waals surface area contributed by atoms with Gasteiger partial charge < -0.3 is 5.32 Å². The third-order valence-corrected chi connectivity index (χ3v) is 1.94. The van der Waals surface area contributed by atoms with Crippen LogP contribution < -0.4 is 5.32 Å². The molecule has 0 aromatic carbocycles. The Bertz CT molecular complexity index is 152. The first-order valence-corrected chi connectivity index (χ1v) is 4.55. The van der Waals surface area contributed by atoms with Crippen molar-refractivity contribution in [3.63, 3.8) is 0 Å². The lowest BCUT2D eigenvalue weighted by Crippen LogP contribution is -2.25. The van der Waals surface area contributed by atoms with Gasteiger partial charge in [-0.1, -0.05) is 19.1 Å². The molecule has 0 saturated heterocycles. The van der Waals surface area contributed by atoms with Gasteiger partial charge in [0.1, 0.15) is 0 Å². The fourth-order valence-corrected chi connectivity index (χ4v) is 1.09. The smallest absolute Gasteiger partial charge is 0.222 e. The van der Waals surface area contributed by atoms with E-state index in [1.54, 1.807) is 7.05 Å². The van der Waals surface area contributed by atoms with Crippen molar-refractivity contribution in [2.75, 3.05) is 7.05 Å². The molecule has 0 aromatic heterocycles. The molecule has 1 amide bonds. The van der Waals surface area contributed by atoms with E-state index in [2.05, 4.69) is 11.4 Å². The van der Waals surface area contributed by atoms with E-state index in [1.807, 2.05) is 19.9 Å². The molecule has 70 valence electrons. The Labute approximate surface area is 75.0 Å². The summed E-state index contributed by atoms with van der Waals surface area (Å²) in [4.78, 5) is 11.0. The van der Waals surface area contributed by atoms with Crippen LogP contribution in [-0.2, 0) is 4.79 Å². The SMILES string of the molecule is C/C=C/CCCC(C)C(=O)NC. The predicted molar refractivity (Wildman–Crippen MR) is 51.9 cm³/mol. The zero-order valence-electron chi connectivity index (χ0n) is 8.26. The van der Waals surface area contributed by atoms with Crippen LogP contribution in [0.4, 0.5) is 0 Å². The summed E-state index contributed by atoms with van der Waals surface area (Å²) in [6.07, 6.45) is 7.34. The second-order valence-electron chi connectivity index (χ2n) is 3.02. The number of carbonyl (C=O) groups is 1. The summed E-state index contributed by atoms with van der Waals surface area (Å²) in [5, 5.41) is 2.65. The normalized spacial score (nSPS) is 13.2. The molecule has 0 aliphatic heterocycles. The Morgan fingerprint density at radius 1 is 1.58 bits per heavy atom. The largest absolute Gasteiger partial charge is 0.359 e. The van der Waals surface area contributed by atoms with Gasteiger partial charge in [0.15, 0.2) is 0 Å². The van der Waals surface area contributed by atoms with Gasteiger partial charge in [-0.05, 0) is 26.2 Å². The number of allylic oxidation sites excluding steroid dienone is 2. The van der Waals surface area contributed by atoms with Crippen LogP contribution in [-0.4, -0.2) is 13.0 Å². The molecule has 1 atom stereocenters. The first kappa shape index (κ1) is 11.2. The van der Waals surface area contributed by atoms with Crippen LogP contribution in [0, 0.1) is 5.92 Å². The summed E-state index contributed by atoms with van der Waals surface area (Å²) in [6.45, 7) is 3.98. The molecular weight excluding hydrogens is 150 g/mol. The lowest BCUT2D eigenvalue weighted by Gasteiger charge is -2.07. The van der Waals surface area contributed by atoms with Gasteiger partial charge in [-0.2, -0.15) is 0 Å². The van der Waals surface area contributed by atoms with E-state index in [9.17, 15) is 4.79 Å². The van der Waals surface area contributed by atoms with Crippen molar-refractivity contribution in [1.82, 2.24) is 5.32 Å². The van der Waals surface area contributed by atoms with Crippen molar-refractivity contribution in [2.24, 2.45) is 5.92 Å². The summed E-state index contributed by atoms with van der Waals surface area (Å²) in [7, 11) is 1.69. The maximum Gasteiger partial charge on any atom is 0.222 e. The summed E-state index contributed by atoms with van der Waals surface area (Å²) in [6, 6.07) is 0. The molecule has 0 saturated carbocycles. The van der Waals surface area contributed by atoms with Crippen LogP contribution in [0.3, 0.4) is 0 Å². The fourth-order valence-electron chi connectivity index (χ4n) is 1.09. The summed E-state index contributed by atoms with van der Waals surface area (Å²) in [5.74, 6) is 0.302. The van der Waals surface area contributed by atoms with E-state index < -0.39 is 0 Å². The number of unbranched alkanes of at least 4 members (excludes halogenated alkanes) is 1. The van der Waals surface area contributed by atoms with E-state index in [0.29, 0.717) is 0 Å². The molecular formula is C10H19NO. The lowest BCUT2D eigenvalue weighted by atomic mass is 10.0. The van der Waals surface area contributed by atoms with Crippen LogP contribution in [0.15, 0.2) is 12.2 Å². The molecule has 0 rings (SSSR count). The molecule has 0 aliphatic rings. The molecule has 0 spiro atoms. The maximum atomic E-state index is 11.0. The first-order valence-electron chi connectivity index (χ1n) is 4.55. The van der Waals surface area contributed by atoms with Crippen LogP contribution in [0.25, 0.3) is 0 Å². The summed E-state index contributed by atoms with van der Waals surface area (Å²) >= 11 is 0. The minimum absolute atomic E-state index is 0.149. The van der Waals surface area contributed by atoms with Gasteiger partial charge >= 0.3 is 0 Å². The molecule has 0 heterocycles. The standard InChI is InChI=1S/C10H19NO/c1-4-5-6-7-8-9(2)10(12)11-3/h4-5,9H,6-8H2,1-3H3,(H,11,12)/b5-4+. The van der Waals surface area contributed by atoms with E-state index in [0.717, 1.165) is 19.3 Å². The highest BCUT2D eigenvalue weighted by molar-refractivity contribution is 5.77.